The average Bonchev–Trinajstić information content (AvgIpc) is 2.35. The van der Waals surface area contributed by atoms with Gasteiger partial charge >= 0.3 is 0 Å². The van der Waals surface area contributed by atoms with Gasteiger partial charge in [-0.25, -0.2) is 0 Å². The van der Waals surface area contributed by atoms with Crippen molar-refractivity contribution >= 4 is 0 Å². The molecule has 108 valence electrons. The first kappa shape index (κ1) is 16.1. The molecule has 1 aliphatic rings. The molecule has 3 atom stereocenters. The van der Waals surface area contributed by atoms with Gasteiger partial charge in [0.05, 0.1) is 0 Å². The van der Waals surface area contributed by atoms with E-state index >= 15 is 0 Å². The lowest BCUT2D eigenvalue weighted by Gasteiger charge is -2.43. The highest BCUT2D eigenvalue weighted by molar-refractivity contribution is 4.87. The van der Waals surface area contributed by atoms with E-state index in [1.54, 1.807) is 0 Å². The Bertz CT molecular complexity index is 208. The second kappa shape index (κ2) is 8.23. The Kier molecular flexibility index (Phi) is 7.34. The minimum Gasteiger partial charge on any atom is -0.0654 e. The van der Waals surface area contributed by atoms with Gasteiger partial charge in [-0.3, -0.25) is 0 Å². The molecule has 0 N–H and O–H groups in total. The van der Waals surface area contributed by atoms with Gasteiger partial charge in [-0.1, -0.05) is 72.6 Å². The predicted octanol–water partition coefficient (Wildman–Crippen LogP) is 6.59. The molecule has 0 heteroatoms. The molecule has 0 aliphatic heterocycles. The average molecular weight is 252 g/mol. The molecule has 0 heterocycles. The van der Waals surface area contributed by atoms with Crippen LogP contribution < -0.4 is 0 Å². The highest BCUT2D eigenvalue weighted by atomic mass is 14.4. The molecule has 1 saturated carbocycles. The third-order valence-corrected chi connectivity index (χ3v) is 5.57. The van der Waals surface area contributed by atoms with Crippen LogP contribution in [0.25, 0.3) is 0 Å². The zero-order chi connectivity index (χ0) is 13.4. The molecule has 1 fully saturated rings. The van der Waals surface area contributed by atoms with Crippen molar-refractivity contribution in [1.29, 1.82) is 0 Å². The van der Waals surface area contributed by atoms with Crippen molar-refractivity contribution in [2.45, 2.75) is 98.3 Å². The summed E-state index contributed by atoms with van der Waals surface area (Å²) in [7, 11) is 0. The Labute approximate surface area is 116 Å². The summed E-state index contributed by atoms with van der Waals surface area (Å²) in [5.74, 6) is 2.00. The van der Waals surface area contributed by atoms with Crippen LogP contribution in [0, 0.1) is 17.3 Å². The minimum absolute atomic E-state index is 0.663. The van der Waals surface area contributed by atoms with Crippen LogP contribution in [0.15, 0.2) is 0 Å². The van der Waals surface area contributed by atoms with Gasteiger partial charge in [-0.2, -0.15) is 0 Å². The number of hydrogen-bond acceptors (Lipinski definition) is 0. The molecule has 1 unspecified atom stereocenters. The summed E-state index contributed by atoms with van der Waals surface area (Å²) in [5, 5.41) is 0. The Hall–Kier alpha value is 0. The van der Waals surface area contributed by atoms with Crippen LogP contribution in [0.2, 0.25) is 0 Å². The monoisotopic (exact) mass is 252 g/mol. The number of hydrogen-bond donors (Lipinski definition) is 0. The van der Waals surface area contributed by atoms with E-state index in [1.807, 2.05) is 0 Å². The van der Waals surface area contributed by atoms with Gasteiger partial charge in [0.2, 0.25) is 0 Å². The Balaban J connectivity index is 2.30. The fraction of sp³-hybridized carbons (Fsp3) is 1.00. The molecule has 0 aromatic carbocycles. The van der Waals surface area contributed by atoms with Gasteiger partial charge in [0, 0.05) is 0 Å². The van der Waals surface area contributed by atoms with Gasteiger partial charge in [0.15, 0.2) is 0 Å². The fourth-order valence-electron chi connectivity index (χ4n) is 3.78. The molecule has 0 aromatic heterocycles. The first-order valence-electron chi connectivity index (χ1n) is 8.62. The third-order valence-electron chi connectivity index (χ3n) is 5.57. The molecule has 1 rings (SSSR count). The van der Waals surface area contributed by atoms with Crippen LogP contribution in [0.1, 0.15) is 98.3 Å². The van der Waals surface area contributed by atoms with E-state index in [0.29, 0.717) is 5.41 Å². The van der Waals surface area contributed by atoms with Gasteiger partial charge < -0.3 is 0 Å². The lowest BCUT2D eigenvalue weighted by molar-refractivity contribution is 0.0761. The van der Waals surface area contributed by atoms with Crippen molar-refractivity contribution in [2.24, 2.45) is 17.3 Å². The van der Waals surface area contributed by atoms with Crippen LogP contribution in [0.5, 0.6) is 0 Å². The van der Waals surface area contributed by atoms with Gasteiger partial charge in [0.25, 0.3) is 0 Å². The lowest BCUT2D eigenvalue weighted by atomic mass is 9.62. The van der Waals surface area contributed by atoms with E-state index in [0.717, 1.165) is 11.8 Å². The molecule has 0 radical (unpaired) electrons. The fourth-order valence-corrected chi connectivity index (χ4v) is 3.78. The SMILES string of the molecule is CCCCC[C@H]1CC[C@@](C)(CCCCC)C(C)C1. The summed E-state index contributed by atoms with van der Waals surface area (Å²) in [4.78, 5) is 0. The molecule has 0 spiro atoms. The molecule has 18 heavy (non-hydrogen) atoms. The smallest absolute Gasteiger partial charge is 0.0300 e. The van der Waals surface area contributed by atoms with Crippen molar-refractivity contribution in [3.8, 4) is 0 Å². The van der Waals surface area contributed by atoms with E-state index < -0.39 is 0 Å². The molecular weight excluding hydrogens is 216 g/mol. The Morgan fingerprint density at radius 2 is 1.67 bits per heavy atom. The lowest BCUT2D eigenvalue weighted by Crippen LogP contribution is -2.32. The standard InChI is InChI=1S/C18H36/c1-5-7-9-11-17-12-14-18(4,16(3)15-17)13-10-8-6-2/h16-17H,5-15H2,1-4H3/t16?,17-,18+/m0/s1. The molecule has 0 bridgehead atoms. The summed E-state index contributed by atoms with van der Waals surface area (Å²) >= 11 is 0. The topological polar surface area (TPSA) is 0 Å². The van der Waals surface area contributed by atoms with E-state index in [-0.39, 0.29) is 0 Å². The maximum absolute atomic E-state index is 2.57. The maximum Gasteiger partial charge on any atom is -0.0300 e. The largest absolute Gasteiger partial charge is 0.0654 e. The summed E-state index contributed by atoms with van der Waals surface area (Å²) in [6.07, 6.45) is 16.0. The Morgan fingerprint density at radius 3 is 2.28 bits per heavy atom. The van der Waals surface area contributed by atoms with E-state index in [1.165, 1.54) is 70.6 Å². The highest BCUT2D eigenvalue weighted by Gasteiger charge is 2.36. The molecule has 1 aliphatic carbocycles. The minimum atomic E-state index is 0.663. The van der Waals surface area contributed by atoms with Crippen LogP contribution in [0.4, 0.5) is 0 Å². The second-order valence-corrected chi connectivity index (χ2v) is 7.15. The van der Waals surface area contributed by atoms with Gasteiger partial charge in [0.1, 0.15) is 0 Å². The van der Waals surface area contributed by atoms with Crippen LogP contribution in [-0.4, -0.2) is 0 Å². The quantitative estimate of drug-likeness (QED) is 0.427. The third kappa shape index (κ3) is 4.94. The van der Waals surface area contributed by atoms with Crippen molar-refractivity contribution in [1.82, 2.24) is 0 Å². The van der Waals surface area contributed by atoms with Gasteiger partial charge in [-0.15, -0.1) is 0 Å². The summed E-state index contributed by atoms with van der Waals surface area (Å²) in [6, 6.07) is 0. The van der Waals surface area contributed by atoms with Gasteiger partial charge in [-0.05, 0) is 42.9 Å². The highest BCUT2D eigenvalue weighted by Crippen LogP contribution is 2.47. The van der Waals surface area contributed by atoms with E-state index in [4.69, 9.17) is 0 Å². The summed E-state index contributed by atoms with van der Waals surface area (Å²) < 4.78 is 0. The van der Waals surface area contributed by atoms with Crippen molar-refractivity contribution in [3.63, 3.8) is 0 Å². The first-order chi connectivity index (χ1) is 8.62. The van der Waals surface area contributed by atoms with Crippen molar-refractivity contribution in [2.75, 3.05) is 0 Å². The zero-order valence-corrected chi connectivity index (χ0v) is 13.4. The first-order valence-corrected chi connectivity index (χ1v) is 8.62. The normalized spacial score (nSPS) is 32.7. The van der Waals surface area contributed by atoms with E-state index in [2.05, 4.69) is 27.7 Å². The van der Waals surface area contributed by atoms with Crippen molar-refractivity contribution < 1.29 is 0 Å². The second-order valence-electron chi connectivity index (χ2n) is 7.15. The molecule has 0 aromatic rings. The summed E-state index contributed by atoms with van der Waals surface area (Å²) in [6.45, 7) is 9.72. The molecule has 0 saturated heterocycles. The molecule has 0 amide bonds. The molecular formula is C18H36. The zero-order valence-electron chi connectivity index (χ0n) is 13.4. The van der Waals surface area contributed by atoms with E-state index in [9.17, 15) is 0 Å². The predicted molar refractivity (Wildman–Crippen MR) is 82.9 cm³/mol. The summed E-state index contributed by atoms with van der Waals surface area (Å²) in [5.41, 5.74) is 0.663. The Morgan fingerprint density at radius 1 is 1.00 bits per heavy atom. The van der Waals surface area contributed by atoms with Crippen LogP contribution in [0.3, 0.4) is 0 Å². The van der Waals surface area contributed by atoms with Crippen molar-refractivity contribution in [3.05, 3.63) is 0 Å². The number of unbranched alkanes of at least 4 members (excludes halogenated alkanes) is 4. The van der Waals surface area contributed by atoms with Crippen LogP contribution >= 0.6 is 0 Å². The van der Waals surface area contributed by atoms with Crippen LogP contribution in [-0.2, 0) is 0 Å². The maximum atomic E-state index is 2.57. The molecule has 0 nitrogen and oxygen atoms in total. The number of rotatable bonds is 8.